The van der Waals surface area contributed by atoms with Crippen LogP contribution in [0.4, 0.5) is 22.7 Å². The van der Waals surface area contributed by atoms with E-state index in [1.54, 1.807) is 12.1 Å². The van der Waals surface area contributed by atoms with Crippen LogP contribution in [0.2, 0.25) is 0 Å². The molecule has 0 fully saturated rings. The Morgan fingerprint density at radius 3 is 2.17 bits per heavy atom. The zero-order valence-corrected chi connectivity index (χ0v) is 10.5. The van der Waals surface area contributed by atoms with E-state index < -0.39 is 0 Å². The summed E-state index contributed by atoms with van der Waals surface area (Å²) in [5.74, 6) is 0. The minimum atomic E-state index is 0.716. The lowest BCUT2D eigenvalue weighted by Gasteiger charge is -2.04. The number of nitrogens with zero attached hydrogens (tertiary/aromatic N) is 2. The molecular weight excluding hydrogens is 224 g/mol. The van der Waals surface area contributed by atoms with Crippen LogP contribution in [0.15, 0.2) is 46.6 Å². The van der Waals surface area contributed by atoms with Crippen LogP contribution in [0, 0.1) is 13.8 Å². The number of hydrogen-bond acceptors (Lipinski definition) is 4. The lowest BCUT2D eigenvalue weighted by Crippen LogP contribution is -1.89. The van der Waals surface area contributed by atoms with Crippen LogP contribution in [-0.4, -0.2) is 0 Å². The number of azo groups is 1. The standard InChI is InChI=1S/C14H16N4/c1-9-8-14(10(2)7-13(9)16)18-17-12-5-3-11(15)4-6-12/h3-8H,15-16H2,1-2H3/b18-17+. The summed E-state index contributed by atoms with van der Waals surface area (Å²) in [5.41, 5.74) is 16.6. The third-order valence-electron chi connectivity index (χ3n) is 2.75. The molecule has 0 aromatic heterocycles. The fraction of sp³-hybridized carbons (Fsp3) is 0.143. The Labute approximate surface area is 106 Å². The molecule has 0 bridgehead atoms. The van der Waals surface area contributed by atoms with Gasteiger partial charge in [0.2, 0.25) is 0 Å². The van der Waals surface area contributed by atoms with Crippen molar-refractivity contribution in [3.05, 3.63) is 47.5 Å². The number of aryl methyl sites for hydroxylation is 2. The van der Waals surface area contributed by atoms with Crippen molar-refractivity contribution in [1.82, 2.24) is 0 Å². The summed E-state index contributed by atoms with van der Waals surface area (Å²) in [6.45, 7) is 3.92. The summed E-state index contributed by atoms with van der Waals surface area (Å²) in [5, 5.41) is 8.41. The molecule has 0 saturated carbocycles. The maximum absolute atomic E-state index is 5.83. The zero-order chi connectivity index (χ0) is 13.1. The lowest BCUT2D eigenvalue weighted by molar-refractivity contribution is 1.20. The van der Waals surface area contributed by atoms with E-state index in [1.165, 1.54) is 0 Å². The molecule has 2 rings (SSSR count). The molecule has 4 heteroatoms. The minimum absolute atomic E-state index is 0.716. The van der Waals surface area contributed by atoms with Gasteiger partial charge in [0.05, 0.1) is 11.4 Å². The first-order valence-electron chi connectivity index (χ1n) is 5.70. The van der Waals surface area contributed by atoms with Crippen LogP contribution < -0.4 is 11.5 Å². The van der Waals surface area contributed by atoms with Crippen LogP contribution in [0.1, 0.15) is 11.1 Å². The largest absolute Gasteiger partial charge is 0.399 e. The van der Waals surface area contributed by atoms with E-state index in [-0.39, 0.29) is 0 Å². The highest BCUT2D eigenvalue weighted by Crippen LogP contribution is 2.26. The molecule has 0 spiro atoms. The Morgan fingerprint density at radius 2 is 1.50 bits per heavy atom. The van der Waals surface area contributed by atoms with Crippen LogP contribution in [0.25, 0.3) is 0 Å². The Kier molecular flexibility index (Phi) is 3.28. The van der Waals surface area contributed by atoms with Gasteiger partial charge in [0.1, 0.15) is 0 Å². The van der Waals surface area contributed by atoms with Gasteiger partial charge in [-0.05, 0) is 61.4 Å². The van der Waals surface area contributed by atoms with Gasteiger partial charge in [0.15, 0.2) is 0 Å². The van der Waals surface area contributed by atoms with E-state index in [0.29, 0.717) is 5.69 Å². The molecule has 18 heavy (non-hydrogen) atoms. The average molecular weight is 240 g/mol. The van der Waals surface area contributed by atoms with Gasteiger partial charge in [-0.1, -0.05) is 0 Å². The van der Waals surface area contributed by atoms with Crippen LogP contribution in [0.3, 0.4) is 0 Å². The van der Waals surface area contributed by atoms with E-state index in [9.17, 15) is 0 Å². The summed E-state index contributed by atoms with van der Waals surface area (Å²) in [6, 6.07) is 11.1. The zero-order valence-electron chi connectivity index (χ0n) is 10.5. The third-order valence-corrected chi connectivity index (χ3v) is 2.75. The molecule has 0 saturated heterocycles. The van der Waals surface area contributed by atoms with Gasteiger partial charge >= 0.3 is 0 Å². The van der Waals surface area contributed by atoms with Gasteiger partial charge in [0.25, 0.3) is 0 Å². The van der Waals surface area contributed by atoms with Gasteiger partial charge in [-0.25, -0.2) is 0 Å². The maximum atomic E-state index is 5.83. The minimum Gasteiger partial charge on any atom is -0.399 e. The van der Waals surface area contributed by atoms with Gasteiger partial charge in [0, 0.05) is 11.4 Å². The number of rotatable bonds is 2. The Bertz CT molecular complexity index is 585. The van der Waals surface area contributed by atoms with Crippen molar-refractivity contribution >= 4 is 22.7 Å². The SMILES string of the molecule is Cc1cc(/N=N/c2ccc(N)cc2)c(C)cc1N. The van der Waals surface area contributed by atoms with Gasteiger partial charge in [-0.2, -0.15) is 10.2 Å². The normalized spacial score (nSPS) is 11.0. The summed E-state index contributed by atoms with van der Waals surface area (Å²) in [6.07, 6.45) is 0. The predicted molar refractivity (Wildman–Crippen MR) is 75.4 cm³/mol. The number of nitrogens with two attached hydrogens (primary N) is 2. The third kappa shape index (κ3) is 2.66. The van der Waals surface area contributed by atoms with Gasteiger partial charge in [-0.3, -0.25) is 0 Å². The highest BCUT2D eigenvalue weighted by atomic mass is 15.1. The summed E-state index contributed by atoms with van der Waals surface area (Å²) in [7, 11) is 0. The number of nitrogen functional groups attached to an aromatic ring is 2. The second kappa shape index (κ2) is 4.87. The second-order valence-corrected chi connectivity index (χ2v) is 4.29. The molecule has 0 radical (unpaired) electrons. The van der Waals surface area contributed by atoms with Crippen molar-refractivity contribution < 1.29 is 0 Å². The lowest BCUT2D eigenvalue weighted by atomic mass is 10.1. The Hall–Kier alpha value is -2.36. The van der Waals surface area contributed by atoms with E-state index >= 15 is 0 Å². The smallest absolute Gasteiger partial charge is 0.0890 e. The molecule has 2 aromatic carbocycles. The molecule has 0 aliphatic carbocycles. The first-order valence-corrected chi connectivity index (χ1v) is 5.70. The first-order chi connectivity index (χ1) is 8.56. The quantitative estimate of drug-likeness (QED) is 0.617. The molecule has 4 N–H and O–H groups in total. The molecule has 0 unspecified atom stereocenters. The number of hydrogen-bond donors (Lipinski definition) is 2. The van der Waals surface area contributed by atoms with E-state index in [4.69, 9.17) is 11.5 Å². The van der Waals surface area contributed by atoms with Crippen LogP contribution in [-0.2, 0) is 0 Å². The van der Waals surface area contributed by atoms with E-state index in [0.717, 1.165) is 28.2 Å². The van der Waals surface area contributed by atoms with E-state index in [1.807, 2.05) is 38.1 Å². The van der Waals surface area contributed by atoms with Gasteiger partial charge < -0.3 is 11.5 Å². The summed E-state index contributed by atoms with van der Waals surface area (Å²) < 4.78 is 0. The summed E-state index contributed by atoms with van der Waals surface area (Å²) in [4.78, 5) is 0. The topological polar surface area (TPSA) is 76.8 Å². The number of anilines is 2. The highest BCUT2D eigenvalue weighted by Gasteiger charge is 2.01. The van der Waals surface area contributed by atoms with E-state index in [2.05, 4.69) is 10.2 Å². The number of benzene rings is 2. The molecule has 0 aliphatic rings. The first kappa shape index (κ1) is 12.1. The monoisotopic (exact) mass is 240 g/mol. The van der Waals surface area contributed by atoms with Crippen LogP contribution >= 0.6 is 0 Å². The average Bonchev–Trinajstić information content (AvgIpc) is 2.34. The maximum Gasteiger partial charge on any atom is 0.0890 e. The Balaban J connectivity index is 2.28. The van der Waals surface area contributed by atoms with Crippen molar-refractivity contribution in [2.45, 2.75) is 13.8 Å². The van der Waals surface area contributed by atoms with Crippen molar-refractivity contribution in [3.8, 4) is 0 Å². The summed E-state index contributed by atoms with van der Waals surface area (Å²) >= 11 is 0. The second-order valence-electron chi connectivity index (χ2n) is 4.29. The molecule has 0 aliphatic heterocycles. The predicted octanol–water partition coefficient (Wildman–Crippen LogP) is 3.88. The Morgan fingerprint density at radius 1 is 0.833 bits per heavy atom. The molecule has 92 valence electrons. The van der Waals surface area contributed by atoms with Crippen molar-refractivity contribution in [3.63, 3.8) is 0 Å². The molecule has 0 heterocycles. The highest BCUT2D eigenvalue weighted by molar-refractivity contribution is 5.59. The molecule has 0 atom stereocenters. The molecular formula is C14H16N4. The fourth-order valence-corrected chi connectivity index (χ4v) is 1.58. The van der Waals surface area contributed by atoms with Gasteiger partial charge in [-0.15, -0.1) is 0 Å². The fourth-order valence-electron chi connectivity index (χ4n) is 1.58. The molecule has 2 aromatic rings. The van der Waals surface area contributed by atoms with Crippen molar-refractivity contribution in [1.29, 1.82) is 0 Å². The van der Waals surface area contributed by atoms with Crippen molar-refractivity contribution in [2.75, 3.05) is 11.5 Å². The van der Waals surface area contributed by atoms with Crippen molar-refractivity contribution in [2.24, 2.45) is 10.2 Å². The molecule has 4 nitrogen and oxygen atoms in total. The van der Waals surface area contributed by atoms with Crippen LogP contribution in [0.5, 0.6) is 0 Å². The molecule has 0 amide bonds.